The molecule has 2 aromatic rings. The van der Waals surface area contributed by atoms with Gasteiger partial charge in [0.05, 0.1) is 12.9 Å². The van der Waals surface area contributed by atoms with Gasteiger partial charge in [0.25, 0.3) is 5.91 Å². The lowest BCUT2D eigenvalue weighted by Crippen LogP contribution is -2.30. The number of furan rings is 1. The topological polar surface area (TPSA) is 80.6 Å². The number of carbonyl (C=O) groups excluding carboxylic acids is 2. The van der Waals surface area contributed by atoms with E-state index in [9.17, 15) is 22.8 Å². The van der Waals surface area contributed by atoms with Crippen LogP contribution in [-0.4, -0.2) is 31.1 Å². The van der Waals surface area contributed by atoms with Crippen molar-refractivity contribution in [1.82, 2.24) is 10.6 Å². The average Bonchev–Trinajstić information content (AvgIpc) is 3.14. The molecule has 1 heterocycles. The highest BCUT2D eigenvalue weighted by Gasteiger charge is 2.27. The molecule has 2 N–H and O–H groups in total. The number of nitrogens with one attached hydrogen (secondary N) is 2. The van der Waals surface area contributed by atoms with Crippen LogP contribution in [0.2, 0.25) is 0 Å². The predicted molar refractivity (Wildman–Crippen MR) is 89.7 cm³/mol. The molecule has 0 aliphatic carbocycles. The first-order valence-electron chi connectivity index (χ1n) is 8.14. The Morgan fingerprint density at radius 1 is 1.04 bits per heavy atom. The molecule has 0 saturated heterocycles. The lowest BCUT2D eigenvalue weighted by molar-refractivity contribution is -0.176. The molecule has 0 spiro atoms. The first-order valence-corrected chi connectivity index (χ1v) is 8.14. The van der Waals surface area contributed by atoms with Crippen molar-refractivity contribution in [3.63, 3.8) is 0 Å². The Balaban J connectivity index is 1.64. The first-order chi connectivity index (χ1) is 12.8. The number of amides is 2. The molecule has 0 aliphatic rings. The quantitative estimate of drug-likeness (QED) is 0.697. The molecule has 2 amide bonds. The van der Waals surface area contributed by atoms with Gasteiger partial charge in [-0.05, 0) is 23.3 Å². The van der Waals surface area contributed by atoms with Crippen LogP contribution in [0.4, 0.5) is 13.2 Å². The molecule has 0 saturated carbocycles. The molecular weight excluding hydrogens is 365 g/mol. The molecule has 146 valence electrons. The van der Waals surface area contributed by atoms with Gasteiger partial charge in [-0.2, -0.15) is 13.2 Å². The molecule has 27 heavy (non-hydrogen) atoms. The number of rotatable bonds is 9. The third-order valence-electron chi connectivity index (χ3n) is 3.43. The van der Waals surface area contributed by atoms with E-state index in [2.05, 4.69) is 15.4 Å². The summed E-state index contributed by atoms with van der Waals surface area (Å²) >= 11 is 0. The molecular formula is C18H19F3N2O4. The van der Waals surface area contributed by atoms with Gasteiger partial charge in [0.15, 0.2) is 5.76 Å². The zero-order valence-corrected chi connectivity index (χ0v) is 14.3. The fraction of sp³-hybridized carbons (Fsp3) is 0.333. The molecule has 0 unspecified atom stereocenters. The maximum atomic E-state index is 12.0. The summed E-state index contributed by atoms with van der Waals surface area (Å²) in [7, 11) is 0. The van der Waals surface area contributed by atoms with Gasteiger partial charge >= 0.3 is 6.18 Å². The molecule has 0 atom stereocenters. The molecule has 9 heteroatoms. The average molecular weight is 384 g/mol. The highest BCUT2D eigenvalue weighted by Crippen LogP contribution is 2.15. The van der Waals surface area contributed by atoms with Gasteiger partial charge in [-0.1, -0.05) is 24.3 Å². The maximum Gasteiger partial charge on any atom is 0.411 e. The van der Waals surface area contributed by atoms with Gasteiger partial charge in [-0.25, -0.2) is 0 Å². The van der Waals surface area contributed by atoms with E-state index in [1.54, 1.807) is 30.3 Å². The van der Waals surface area contributed by atoms with Crippen LogP contribution in [0.5, 0.6) is 0 Å². The van der Waals surface area contributed by atoms with Crippen molar-refractivity contribution in [2.75, 3.05) is 13.2 Å². The van der Waals surface area contributed by atoms with Gasteiger partial charge in [0.2, 0.25) is 5.91 Å². The molecule has 0 aliphatic heterocycles. The van der Waals surface area contributed by atoms with Gasteiger partial charge < -0.3 is 19.8 Å². The lowest BCUT2D eigenvalue weighted by Gasteiger charge is -2.09. The normalized spacial score (nSPS) is 11.2. The predicted octanol–water partition coefficient (Wildman–Crippen LogP) is 2.79. The van der Waals surface area contributed by atoms with Crippen molar-refractivity contribution in [3.05, 3.63) is 59.5 Å². The zero-order chi connectivity index (χ0) is 19.7. The summed E-state index contributed by atoms with van der Waals surface area (Å²) in [5.41, 5.74) is 1.40. The highest BCUT2D eigenvalue weighted by atomic mass is 19.4. The van der Waals surface area contributed by atoms with Crippen LogP contribution in [0.25, 0.3) is 0 Å². The Bertz CT molecular complexity index is 728. The van der Waals surface area contributed by atoms with Gasteiger partial charge in [0, 0.05) is 19.5 Å². The SMILES string of the molecule is O=C(CCNC(=O)c1ccco1)NCc1ccc(COCC(F)(F)F)cc1. The van der Waals surface area contributed by atoms with Crippen molar-refractivity contribution in [3.8, 4) is 0 Å². The van der Waals surface area contributed by atoms with E-state index in [4.69, 9.17) is 4.42 Å². The van der Waals surface area contributed by atoms with Crippen LogP contribution in [-0.2, 0) is 22.7 Å². The van der Waals surface area contributed by atoms with Crippen LogP contribution in [0.3, 0.4) is 0 Å². The second-order valence-electron chi connectivity index (χ2n) is 5.68. The fourth-order valence-corrected chi connectivity index (χ4v) is 2.11. The summed E-state index contributed by atoms with van der Waals surface area (Å²) in [5, 5.41) is 5.26. The van der Waals surface area contributed by atoms with Crippen LogP contribution < -0.4 is 10.6 Å². The number of benzene rings is 1. The minimum atomic E-state index is -4.35. The number of carbonyl (C=O) groups is 2. The third-order valence-corrected chi connectivity index (χ3v) is 3.43. The number of hydrogen-bond acceptors (Lipinski definition) is 4. The zero-order valence-electron chi connectivity index (χ0n) is 14.3. The Labute approximate surface area is 153 Å². The number of halogens is 3. The highest BCUT2D eigenvalue weighted by molar-refractivity contribution is 5.91. The largest absolute Gasteiger partial charge is 0.459 e. The van der Waals surface area contributed by atoms with E-state index in [-0.39, 0.29) is 37.8 Å². The fourth-order valence-electron chi connectivity index (χ4n) is 2.11. The number of alkyl halides is 3. The maximum absolute atomic E-state index is 12.0. The van der Waals surface area contributed by atoms with Crippen LogP contribution in [0.1, 0.15) is 28.1 Å². The van der Waals surface area contributed by atoms with E-state index >= 15 is 0 Å². The Hall–Kier alpha value is -2.81. The van der Waals surface area contributed by atoms with E-state index in [1.165, 1.54) is 12.3 Å². The molecule has 0 fully saturated rings. The minimum absolute atomic E-state index is 0.107. The summed E-state index contributed by atoms with van der Waals surface area (Å²) in [6.07, 6.45) is -2.85. The van der Waals surface area contributed by atoms with Crippen molar-refractivity contribution in [2.45, 2.75) is 25.7 Å². The Kier molecular flexibility index (Phi) is 7.42. The second-order valence-corrected chi connectivity index (χ2v) is 5.68. The standard InChI is InChI=1S/C18H19F3N2O4/c19-18(20,21)12-26-11-14-5-3-13(4-6-14)10-23-16(24)7-8-22-17(25)15-2-1-9-27-15/h1-6,9H,7-8,10-12H2,(H,22,25)(H,23,24). The van der Waals surface area contributed by atoms with Crippen molar-refractivity contribution >= 4 is 11.8 Å². The number of hydrogen-bond donors (Lipinski definition) is 2. The summed E-state index contributed by atoms with van der Waals surface area (Å²) in [5.74, 6) is -0.460. The summed E-state index contributed by atoms with van der Waals surface area (Å²) in [6.45, 7) is -0.988. The number of ether oxygens (including phenoxy) is 1. The van der Waals surface area contributed by atoms with Crippen LogP contribution >= 0.6 is 0 Å². The molecule has 0 bridgehead atoms. The van der Waals surface area contributed by atoms with Gasteiger partial charge in [-0.3, -0.25) is 9.59 Å². The monoisotopic (exact) mass is 384 g/mol. The van der Waals surface area contributed by atoms with Crippen LogP contribution in [0, 0.1) is 0 Å². The lowest BCUT2D eigenvalue weighted by atomic mass is 10.1. The molecule has 1 aromatic heterocycles. The van der Waals surface area contributed by atoms with Crippen molar-refractivity contribution < 1.29 is 31.9 Å². The van der Waals surface area contributed by atoms with Crippen molar-refractivity contribution in [2.24, 2.45) is 0 Å². The Morgan fingerprint density at radius 2 is 1.74 bits per heavy atom. The summed E-state index contributed by atoms with van der Waals surface area (Å²) < 4.78 is 45.5. The van der Waals surface area contributed by atoms with Gasteiger partial charge in [-0.15, -0.1) is 0 Å². The van der Waals surface area contributed by atoms with Crippen LogP contribution in [0.15, 0.2) is 47.1 Å². The minimum Gasteiger partial charge on any atom is -0.459 e. The van der Waals surface area contributed by atoms with E-state index in [0.29, 0.717) is 5.56 Å². The first kappa shape index (κ1) is 20.5. The summed E-state index contributed by atoms with van der Waals surface area (Å²) in [4.78, 5) is 23.4. The summed E-state index contributed by atoms with van der Waals surface area (Å²) in [6, 6.07) is 9.79. The molecule has 0 radical (unpaired) electrons. The van der Waals surface area contributed by atoms with Crippen molar-refractivity contribution in [1.29, 1.82) is 0 Å². The molecule has 2 rings (SSSR count). The molecule has 1 aromatic carbocycles. The van der Waals surface area contributed by atoms with E-state index < -0.39 is 18.7 Å². The molecule has 6 nitrogen and oxygen atoms in total. The third kappa shape index (κ3) is 7.95. The second kappa shape index (κ2) is 9.77. The van der Waals surface area contributed by atoms with E-state index in [0.717, 1.165) is 5.56 Å². The smallest absolute Gasteiger partial charge is 0.411 e. The van der Waals surface area contributed by atoms with Gasteiger partial charge in [0.1, 0.15) is 6.61 Å². The van der Waals surface area contributed by atoms with E-state index in [1.807, 2.05) is 0 Å². The Morgan fingerprint density at radius 3 is 2.37 bits per heavy atom.